The summed E-state index contributed by atoms with van der Waals surface area (Å²) in [5.41, 5.74) is 5.96. The number of furan rings is 1. The lowest BCUT2D eigenvalue weighted by atomic mass is 9.91. The summed E-state index contributed by atoms with van der Waals surface area (Å²) < 4.78 is 14.7. The highest BCUT2D eigenvalue weighted by molar-refractivity contribution is 6.06. The van der Waals surface area contributed by atoms with Crippen LogP contribution >= 0.6 is 0 Å². The maximum absolute atomic E-state index is 6.58. The van der Waals surface area contributed by atoms with Crippen LogP contribution in [0.3, 0.4) is 0 Å². The van der Waals surface area contributed by atoms with Gasteiger partial charge < -0.3 is 9.15 Å². The highest BCUT2D eigenvalue weighted by Crippen LogP contribution is 2.51. The molecule has 3 heterocycles. The number of nitrogens with zero attached hydrogens (tertiary/aromatic N) is 1. The number of rotatable bonds is 1. The van der Waals surface area contributed by atoms with Crippen LogP contribution in [0, 0.1) is 6.92 Å². The summed E-state index contributed by atoms with van der Waals surface area (Å²) in [5, 5.41) is 3.61. The zero-order chi connectivity index (χ0) is 18.1. The molecule has 6 rings (SSSR count). The fourth-order valence-corrected chi connectivity index (χ4v) is 5.12. The summed E-state index contributed by atoms with van der Waals surface area (Å²) in [5.74, 6) is 2.49. The van der Waals surface area contributed by atoms with Gasteiger partial charge in [0.15, 0.2) is 0 Å². The Labute approximate surface area is 158 Å². The number of pyridine rings is 1. The molecule has 0 bridgehead atoms. The molecule has 1 fully saturated rings. The summed E-state index contributed by atoms with van der Waals surface area (Å²) in [4.78, 5) is 0. The molecule has 3 heteroatoms. The van der Waals surface area contributed by atoms with Gasteiger partial charge in [0.25, 0.3) is 5.69 Å². The molecule has 0 saturated heterocycles. The molecule has 1 saturated carbocycles. The topological polar surface area (TPSA) is 26.2 Å². The third-order valence-corrected chi connectivity index (χ3v) is 6.41. The normalized spacial score (nSPS) is 16.1. The molecule has 1 aliphatic heterocycles. The molecule has 27 heavy (non-hydrogen) atoms. The average molecular weight is 356 g/mol. The Morgan fingerprint density at radius 2 is 1.89 bits per heavy atom. The Bertz CT molecular complexity index is 1230. The quantitative estimate of drug-likeness (QED) is 0.337. The van der Waals surface area contributed by atoms with Crippen LogP contribution in [0.4, 0.5) is 0 Å². The Kier molecular flexibility index (Phi) is 3.03. The largest absolute Gasteiger partial charge is 0.458 e. The molecule has 0 N–H and O–H groups in total. The van der Waals surface area contributed by atoms with Gasteiger partial charge in [-0.15, -0.1) is 0 Å². The van der Waals surface area contributed by atoms with Crippen molar-refractivity contribution in [1.82, 2.24) is 0 Å². The number of hydrogen-bond donors (Lipinski definition) is 0. The van der Waals surface area contributed by atoms with Gasteiger partial charge in [-0.05, 0) is 42.7 Å². The predicted molar refractivity (Wildman–Crippen MR) is 106 cm³/mol. The van der Waals surface area contributed by atoms with Crippen molar-refractivity contribution in [2.75, 3.05) is 0 Å². The minimum Gasteiger partial charge on any atom is -0.458 e. The van der Waals surface area contributed by atoms with Crippen LogP contribution in [-0.2, 0) is 7.05 Å². The zero-order valence-electron chi connectivity index (χ0n) is 15.7. The van der Waals surface area contributed by atoms with Crippen molar-refractivity contribution in [1.29, 1.82) is 0 Å². The first-order valence-corrected chi connectivity index (χ1v) is 9.86. The monoisotopic (exact) mass is 356 g/mol. The van der Waals surface area contributed by atoms with Crippen LogP contribution in [0.5, 0.6) is 11.5 Å². The second-order valence-electron chi connectivity index (χ2n) is 8.04. The number of aryl methyl sites for hydroxylation is 2. The molecule has 4 aromatic rings. The average Bonchev–Trinajstić information content (AvgIpc) is 3.33. The van der Waals surface area contributed by atoms with Crippen molar-refractivity contribution in [2.24, 2.45) is 7.05 Å². The molecule has 0 atom stereocenters. The van der Waals surface area contributed by atoms with E-state index in [2.05, 4.69) is 55.1 Å². The van der Waals surface area contributed by atoms with Crippen LogP contribution in [0.25, 0.3) is 33.0 Å². The maximum atomic E-state index is 6.58. The van der Waals surface area contributed by atoms with Crippen LogP contribution in [0.1, 0.15) is 42.7 Å². The van der Waals surface area contributed by atoms with Crippen molar-refractivity contribution in [3.8, 4) is 22.8 Å². The fraction of sp³-hybridized carbons (Fsp3) is 0.292. The molecule has 134 valence electrons. The lowest BCUT2D eigenvalue weighted by Crippen LogP contribution is -2.32. The van der Waals surface area contributed by atoms with Gasteiger partial charge in [-0.25, -0.2) is 0 Å². The van der Waals surface area contributed by atoms with E-state index in [9.17, 15) is 0 Å². The van der Waals surface area contributed by atoms with Gasteiger partial charge in [-0.2, -0.15) is 4.57 Å². The highest BCUT2D eigenvalue weighted by atomic mass is 16.5. The molecule has 3 nitrogen and oxygen atoms in total. The third kappa shape index (κ3) is 2.00. The summed E-state index contributed by atoms with van der Waals surface area (Å²) in [7, 11) is 2.09. The van der Waals surface area contributed by atoms with Gasteiger partial charge in [-0.1, -0.05) is 37.1 Å². The zero-order valence-corrected chi connectivity index (χ0v) is 15.7. The van der Waals surface area contributed by atoms with Crippen molar-refractivity contribution in [3.63, 3.8) is 0 Å². The Hall–Kier alpha value is -2.81. The predicted octanol–water partition coefficient (Wildman–Crippen LogP) is 6.15. The SMILES string of the molecule is Cc1ccc2cccc3c2c1-c1c(c2c(C4CCCC4)coc2c[n+]1C)O3. The van der Waals surface area contributed by atoms with E-state index >= 15 is 0 Å². The van der Waals surface area contributed by atoms with Gasteiger partial charge in [0.2, 0.25) is 17.5 Å². The van der Waals surface area contributed by atoms with E-state index in [0.29, 0.717) is 5.92 Å². The lowest BCUT2D eigenvalue weighted by Gasteiger charge is -2.21. The number of hydrogen-bond acceptors (Lipinski definition) is 2. The van der Waals surface area contributed by atoms with Crippen LogP contribution < -0.4 is 9.30 Å². The summed E-state index contributed by atoms with van der Waals surface area (Å²) in [6, 6.07) is 10.7. The molecular formula is C24H22NO2+. The first-order valence-electron chi connectivity index (χ1n) is 9.86. The highest BCUT2D eigenvalue weighted by Gasteiger charge is 2.34. The smallest absolute Gasteiger partial charge is 0.257 e. The Morgan fingerprint density at radius 3 is 2.74 bits per heavy atom. The minimum absolute atomic E-state index is 0.584. The molecule has 1 aliphatic carbocycles. The molecular weight excluding hydrogens is 334 g/mol. The second kappa shape index (κ2) is 5.35. The third-order valence-electron chi connectivity index (χ3n) is 6.41. The fourth-order valence-electron chi connectivity index (χ4n) is 5.12. The summed E-state index contributed by atoms with van der Waals surface area (Å²) in [6.45, 7) is 2.19. The molecule has 0 unspecified atom stereocenters. The van der Waals surface area contributed by atoms with Crippen molar-refractivity contribution in [2.45, 2.75) is 38.5 Å². The summed E-state index contributed by atoms with van der Waals surface area (Å²) >= 11 is 0. The van der Waals surface area contributed by atoms with E-state index in [1.807, 2.05) is 6.26 Å². The van der Waals surface area contributed by atoms with Gasteiger partial charge >= 0.3 is 0 Å². The standard InChI is InChI=1S/C24H22NO2/c1-14-10-11-16-8-5-9-18-21(16)20(14)23-24(27-18)22-17(15-6-3-4-7-15)13-26-19(22)12-25(23)2/h5,8-13,15H,3-4,6-7H2,1-2H3/q+1. The van der Waals surface area contributed by atoms with Crippen molar-refractivity contribution in [3.05, 3.63) is 53.9 Å². The molecule has 0 spiro atoms. The number of fused-ring (bicyclic) bond motifs is 4. The Morgan fingerprint density at radius 1 is 1.04 bits per heavy atom. The van der Waals surface area contributed by atoms with Gasteiger partial charge in [0.1, 0.15) is 12.8 Å². The number of ether oxygens (including phenoxy) is 1. The Balaban J connectivity index is 1.75. The molecule has 0 amide bonds. The summed E-state index contributed by atoms with van der Waals surface area (Å²) in [6.07, 6.45) is 9.19. The van der Waals surface area contributed by atoms with Crippen LogP contribution in [0.2, 0.25) is 0 Å². The van der Waals surface area contributed by atoms with Gasteiger partial charge in [0.05, 0.1) is 17.2 Å². The first-order chi connectivity index (χ1) is 13.2. The van der Waals surface area contributed by atoms with E-state index in [4.69, 9.17) is 9.15 Å². The van der Waals surface area contributed by atoms with E-state index in [-0.39, 0.29) is 0 Å². The minimum atomic E-state index is 0.584. The van der Waals surface area contributed by atoms with E-state index in [0.717, 1.165) is 22.8 Å². The van der Waals surface area contributed by atoms with E-state index < -0.39 is 0 Å². The van der Waals surface area contributed by atoms with Crippen LogP contribution in [-0.4, -0.2) is 0 Å². The molecule has 2 aromatic heterocycles. The lowest BCUT2D eigenvalue weighted by molar-refractivity contribution is -0.659. The second-order valence-corrected chi connectivity index (χ2v) is 8.04. The maximum Gasteiger partial charge on any atom is 0.257 e. The van der Waals surface area contributed by atoms with Crippen LogP contribution in [0.15, 0.2) is 47.2 Å². The van der Waals surface area contributed by atoms with Gasteiger partial charge in [0, 0.05) is 10.9 Å². The number of aromatic nitrogens is 1. The molecule has 2 aliphatic rings. The first kappa shape index (κ1) is 15.3. The van der Waals surface area contributed by atoms with Crippen molar-refractivity contribution >= 4 is 21.7 Å². The van der Waals surface area contributed by atoms with E-state index in [1.54, 1.807) is 0 Å². The van der Waals surface area contributed by atoms with Gasteiger partial charge in [-0.3, -0.25) is 0 Å². The van der Waals surface area contributed by atoms with Crippen molar-refractivity contribution < 1.29 is 13.7 Å². The molecule has 2 aromatic carbocycles. The molecule has 0 radical (unpaired) electrons. The number of benzene rings is 2. The van der Waals surface area contributed by atoms with E-state index in [1.165, 1.54) is 58.5 Å².